The van der Waals surface area contributed by atoms with Gasteiger partial charge in [0, 0.05) is 20.2 Å². The number of hydrogen-bond donors (Lipinski definition) is 1. The highest BCUT2D eigenvalue weighted by atomic mass is 16.5. The third-order valence-corrected chi connectivity index (χ3v) is 3.93. The minimum atomic E-state index is -0.850. The van der Waals surface area contributed by atoms with Crippen LogP contribution in [-0.4, -0.2) is 48.2 Å². The fourth-order valence-corrected chi connectivity index (χ4v) is 2.52. The molecule has 1 amide bonds. The third kappa shape index (κ3) is 2.44. The van der Waals surface area contributed by atoms with Crippen molar-refractivity contribution in [3.8, 4) is 0 Å². The number of piperidine rings is 1. The number of hydrogen-bond acceptors (Lipinski definition) is 3. The number of carbonyl (C=O) groups is 2. The summed E-state index contributed by atoms with van der Waals surface area (Å²) in [6, 6.07) is 0. The summed E-state index contributed by atoms with van der Waals surface area (Å²) in [4.78, 5) is 24.6. The van der Waals surface area contributed by atoms with Gasteiger partial charge in [-0.05, 0) is 18.8 Å². The second-order valence-electron chi connectivity index (χ2n) is 5.11. The summed E-state index contributed by atoms with van der Waals surface area (Å²) < 4.78 is 5.35. The van der Waals surface area contributed by atoms with Crippen molar-refractivity contribution in [3.05, 3.63) is 0 Å². The van der Waals surface area contributed by atoms with Crippen LogP contribution in [0.15, 0.2) is 0 Å². The van der Waals surface area contributed by atoms with Crippen molar-refractivity contribution >= 4 is 11.9 Å². The van der Waals surface area contributed by atoms with E-state index in [0.717, 1.165) is 13.0 Å². The van der Waals surface area contributed by atoms with Crippen molar-refractivity contribution in [2.45, 2.75) is 25.9 Å². The van der Waals surface area contributed by atoms with Crippen molar-refractivity contribution in [2.24, 2.45) is 17.8 Å². The maximum Gasteiger partial charge on any atom is 0.307 e. The Morgan fingerprint density at radius 3 is 2.59 bits per heavy atom. The Morgan fingerprint density at radius 2 is 2.06 bits per heavy atom. The van der Waals surface area contributed by atoms with Crippen LogP contribution in [0.5, 0.6) is 0 Å². The largest absolute Gasteiger partial charge is 0.481 e. The van der Waals surface area contributed by atoms with E-state index >= 15 is 0 Å². The first-order valence-corrected chi connectivity index (χ1v) is 6.09. The van der Waals surface area contributed by atoms with E-state index in [1.54, 1.807) is 12.0 Å². The number of amides is 1. The Bertz CT molecular complexity index is 330. The fraction of sp³-hybridized carbons (Fsp3) is 0.833. The monoisotopic (exact) mass is 241 g/mol. The summed E-state index contributed by atoms with van der Waals surface area (Å²) in [6.07, 6.45) is 1.50. The maximum absolute atomic E-state index is 12.1. The van der Waals surface area contributed by atoms with E-state index in [1.807, 2.05) is 0 Å². The molecule has 1 aliphatic heterocycles. The van der Waals surface area contributed by atoms with Crippen LogP contribution < -0.4 is 0 Å². The standard InChI is InChI=1S/C12H19NO4/c1-7-3-4-13(6-10(7)17-2)11(14)8-5-9(8)12(15)16/h7-10H,3-6H2,1-2H3,(H,15,16). The number of likely N-dealkylation sites (tertiary alicyclic amines) is 1. The lowest BCUT2D eigenvalue weighted by Gasteiger charge is -2.36. The molecule has 0 spiro atoms. The highest BCUT2D eigenvalue weighted by Crippen LogP contribution is 2.40. The van der Waals surface area contributed by atoms with Gasteiger partial charge in [-0.15, -0.1) is 0 Å². The minimum absolute atomic E-state index is 0.00801. The molecule has 2 aliphatic rings. The molecule has 0 aromatic carbocycles. The van der Waals surface area contributed by atoms with Gasteiger partial charge in [-0.25, -0.2) is 0 Å². The number of ether oxygens (including phenoxy) is 1. The highest BCUT2D eigenvalue weighted by molar-refractivity contribution is 5.89. The predicted octanol–water partition coefficient (Wildman–Crippen LogP) is 0.590. The summed E-state index contributed by atoms with van der Waals surface area (Å²) >= 11 is 0. The summed E-state index contributed by atoms with van der Waals surface area (Å²) in [6.45, 7) is 3.44. The van der Waals surface area contributed by atoms with Crippen LogP contribution in [0.25, 0.3) is 0 Å². The van der Waals surface area contributed by atoms with Gasteiger partial charge in [-0.2, -0.15) is 0 Å². The smallest absolute Gasteiger partial charge is 0.307 e. The molecule has 17 heavy (non-hydrogen) atoms. The van der Waals surface area contributed by atoms with Crippen LogP contribution in [0.2, 0.25) is 0 Å². The number of nitrogens with zero attached hydrogens (tertiary/aromatic N) is 1. The van der Waals surface area contributed by atoms with E-state index in [0.29, 0.717) is 18.9 Å². The number of carbonyl (C=O) groups excluding carboxylic acids is 1. The zero-order valence-electron chi connectivity index (χ0n) is 10.3. The predicted molar refractivity (Wildman–Crippen MR) is 60.4 cm³/mol. The molecule has 4 unspecified atom stereocenters. The molecule has 0 radical (unpaired) electrons. The van der Waals surface area contributed by atoms with Gasteiger partial charge in [0.1, 0.15) is 0 Å². The van der Waals surface area contributed by atoms with Crippen LogP contribution >= 0.6 is 0 Å². The normalized spacial score (nSPS) is 36.7. The lowest BCUT2D eigenvalue weighted by atomic mass is 9.95. The van der Waals surface area contributed by atoms with E-state index in [-0.39, 0.29) is 17.9 Å². The Hall–Kier alpha value is -1.10. The van der Waals surface area contributed by atoms with E-state index in [1.165, 1.54) is 0 Å². The van der Waals surface area contributed by atoms with Gasteiger partial charge in [-0.1, -0.05) is 6.92 Å². The van der Waals surface area contributed by atoms with Crippen molar-refractivity contribution in [1.29, 1.82) is 0 Å². The Kier molecular flexibility index (Phi) is 3.38. The van der Waals surface area contributed by atoms with Crippen molar-refractivity contribution in [2.75, 3.05) is 20.2 Å². The van der Waals surface area contributed by atoms with E-state index in [4.69, 9.17) is 9.84 Å². The Labute approximate surface area is 101 Å². The molecule has 1 aliphatic carbocycles. The Morgan fingerprint density at radius 1 is 1.35 bits per heavy atom. The molecule has 5 heteroatoms. The molecular weight excluding hydrogens is 222 g/mol. The van der Waals surface area contributed by atoms with Gasteiger partial charge >= 0.3 is 5.97 Å². The number of rotatable bonds is 3. The van der Waals surface area contributed by atoms with Crippen LogP contribution in [-0.2, 0) is 14.3 Å². The molecule has 1 saturated heterocycles. The average molecular weight is 241 g/mol. The molecular formula is C12H19NO4. The highest BCUT2D eigenvalue weighted by Gasteiger charge is 2.50. The molecule has 2 fully saturated rings. The molecule has 0 bridgehead atoms. The van der Waals surface area contributed by atoms with E-state index < -0.39 is 11.9 Å². The fourth-order valence-electron chi connectivity index (χ4n) is 2.52. The molecule has 0 aromatic heterocycles. The molecule has 4 atom stereocenters. The van der Waals surface area contributed by atoms with Crippen LogP contribution in [0.3, 0.4) is 0 Å². The van der Waals surface area contributed by atoms with Gasteiger partial charge in [0.25, 0.3) is 0 Å². The summed E-state index contributed by atoms with van der Waals surface area (Å²) in [7, 11) is 1.66. The molecule has 1 saturated carbocycles. The van der Waals surface area contributed by atoms with Crippen molar-refractivity contribution in [3.63, 3.8) is 0 Å². The van der Waals surface area contributed by atoms with Gasteiger partial charge in [0.05, 0.1) is 17.9 Å². The Balaban J connectivity index is 1.91. The van der Waals surface area contributed by atoms with Gasteiger partial charge < -0.3 is 14.7 Å². The number of carboxylic acid groups (broad SMARTS) is 1. The first kappa shape index (κ1) is 12.4. The molecule has 5 nitrogen and oxygen atoms in total. The number of aliphatic carboxylic acids is 1. The van der Waals surface area contributed by atoms with Gasteiger partial charge in [0.2, 0.25) is 5.91 Å². The van der Waals surface area contributed by atoms with Crippen LogP contribution in [0.4, 0.5) is 0 Å². The topological polar surface area (TPSA) is 66.8 Å². The van der Waals surface area contributed by atoms with E-state index in [9.17, 15) is 9.59 Å². The second-order valence-corrected chi connectivity index (χ2v) is 5.11. The molecule has 96 valence electrons. The number of methoxy groups -OCH3 is 1. The quantitative estimate of drug-likeness (QED) is 0.785. The first-order chi connectivity index (χ1) is 8.04. The third-order valence-electron chi connectivity index (χ3n) is 3.93. The first-order valence-electron chi connectivity index (χ1n) is 6.09. The zero-order valence-corrected chi connectivity index (χ0v) is 10.3. The van der Waals surface area contributed by atoms with Crippen molar-refractivity contribution in [1.82, 2.24) is 4.90 Å². The molecule has 2 rings (SSSR count). The molecule has 1 N–H and O–H groups in total. The summed E-state index contributed by atoms with van der Waals surface area (Å²) in [5.74, 6) is -1.15. The maximum atomic E-state index is 12.1. The lowest BCUT2D eigenvalue weighted by Crippen LogP contribution is -2.47. The summed E-state index contributed by atoms with van der Waals surface area (Å²) in [5.41, 5.74) is 0. The van der Waals surface area contributed by atoms with Gasteiger partial charge in [0.15, 0.2) is 0 Å². The number of carboxylic acids is 1. The second kappa shape index (κ2) is 4.64. The zero-order chi connectivity index (χ0) is 12.6. The molecule has 0 aromatic rings. The van der Waals surface area contributed by atoms with Crippen LogP contribution in [0.1, 0.15) is 19.8 Å². The average Bonchev–Trinajstić information content (AvgIpc) is 3.08. The lowest BCUT2D eigenvalue weighted by molar-refractivity contribution is -0.143. The van der Waals surface area contributed by atoms with Crippen LogP contribution in [0, 0.1) is 17.8 Å². The van der Waals surface area contributed by atoms with Crippen molar-refractivity contribution < 1.29 is 19.4 Å². The van der Waals surface area contributed by atoms with E-state index in [2.05, 4.69) is 6.92 Å². The van der Waals surface area contributed by atoms with Gasteiger partial charge in [-0.3, -0.25) is 9.59 Å². The summed E-state index contributed by atoms with van der Waals surface area (Å²) in [5, 5.41) is 8.82. The molecule has 1 heterocycles. The SMILES string of the molecule is COC1CN(C(=O)C2CC2C(=O)O)CCC1C. The minimum Gasteiger partial charge on any atom is -0.481 e.